The van der Waals surface area contributed by atoms with Crippen LogP contribution >= 0.6 is 15.9 Å². The van der Waals surface area contributed by atoms with Crippen LogP contribution in [-0.2, 0) is 0 Å². The molecule has 1 aliphatic heterocycles. The van der Waals surface area contributed by atoms with E-state index in [0.717, 1.165) is 41.8 Å². The molecule has 0 radical (unpaired) electrons. The zero-order valence-electron chi connectivity index (χ0n) is 14.9. The van der Waals surface area contributed by atoms with Crippen molar-refractivity contribution in [1.29, 1.82) is 0 Å². The summed E-state index contributed by atoms with van der Waals surface area (Å²) >= 11 is 3.54. The maximum Gasteiger partial charge on any atom is 0.135 e. The number of halogens is 1. The molecule has 2 aromatic carbocycles. The Bertz CT molecular complexity index is 736. The average molecular weight is 401 g/mol. The van der Waals surface area contributed by atoms with Crippen LogP contribution in [0.1, 0.15) is 24.8 Å². The largest absolute Gasteiger partial charge is 0.495 e. The van der Waals surface area contributed by atoms with Crippen molar-refractivity contribution in [2.75, 3.05) is 31.6 Å². The fourth-order valence-electron chi connectivity index (χ4n) is 4.14. The van der Waals surface area contributed by atoms with E-state index in [1.165, 1.54) is 17.7 Å². The molecule has 25 heavy (non-hydrogen) atoms. The van der Waals surface area contributed by atoms with Crippen LogP contribution < -0.4 is 9.64 Å². The molecule has 1 heterocycles. The van der Waals surface area contributed by atoms with Crippen molar-refractivity contribution >= 4 is 21.6 Å². The van der Waals surface area contributed by atoms with Gasteiger partial charge in [-0.15, -0.1) is 0 Å². The predicted molar refractivity (Wildman–Crippen MR) is 107 cm³/mol. The fraction of sp³-hybridized carbons (Fsp3) is 0.429. The Hall–Kier alpha value is -1.52. The topological polar surface area (TPSA) is 15.7 Å². The van der Waals surface area contributed by atoms with Crippen LogP contribution in [0.3, 0.4) is 0 Å². The number of benzene rings is 2. The normalized spacial score (nSPS) is 26.5. The molecule has 1 saturated carbocycles. The third kappa shape index (κ3) is 3.42. The summed E-state index contributed by atoms with van der Waals surface area (Å²) in [5.74, 6) is 1.63. The highest BCUT2D eigenvalue weighted by molar-refractivity contribution is 9.10. The van der Waals surface area contributed by atoms with E-state index in [2.05, 4.69) is 81.2 Å². The number of rotatable bonds is 4. The second-order valence-electron chi connectivity index (χ2n) is 7.18. The van der Waals surface area contributed by atoms with Gasteiger partial charge < -0.3 is 9.64 Å². The van der Waals surface area contributed by atoms with E-state index in [4.69, 9.17) is 4.74 Å². The summed E-state index contributed by atoms with van der Waals surface area (Å²) in [5, 5.41) is 0. The van der Waals surface area contributed by atoms with Crippen LogP contribution in [0.5, 0.6) is 5.75 Å². The first-order valence-corrected chi connectivity index (χ1v) is 9.86. The second-order valence-corrected chi connectivity index (χ2v) is 8.03. The SMILES string of the molecule is COc1cc(N2CCN([C@@H]3C[C@H]3c3ccccc3)CC2C)ccc1Br. The van der Waals surface area contributed by atoms with Gasteiger partial charge in [-0.05, 0) is 47.0 Å². The molecule has 0 amide bonds. The van der Waals surface area contributed by atoms with Crippen LogP contribution in [0.4, 0.5) is 5.69 Å². The first-order valence-electron chi connectivity index (χ1n) is 9.06. The molecule has 3 nitrogen and oxygen atoms in total. The Balaban J connectivity index is 1.41. The van der Waals surface area contributed by atoms with E-state index in [9.17, 15) is 0 Å². The molecule has 4 heteroatoms. The van der Waals surface area contributed by atoms with E-state index in [0.29, 0.717) is 6.04 Å². The van der Waals surface area contributed by atoms with Crippen LogP contribution in [0.25, 0.3) is 0 Å². The molecule has 1 saturated heterocycles. The van der Waals surface area contributed by atoms with E-state index in [1.54, 1.807) is 7.11 Å². The lowest BCUT2D eigenvalue weighted by atomic mass is 10.1. The van der Waals surface area contributed by atoms with Crippen molar-refractivity contribution in [1.82, 2.24) is 4.90 Å². The van der Waals surface area contributed by atoms with Crippen molar-refractivity contribution in [3.8, 4) is 5.75 Å². The molecular formula is C21H25BrN2O. The number of anilines is 1. The molecule has 3 atom stereocenters. The molecule has 1 unspecified atom stereocenters. The van der Waals surface area contributed by atoms with Gasteiger partial charge in [-0.3, -0.25) is 4.90 Å². The van der Waals surface area contributed by atoms with Gasteiger partial charge in [0.1, 0.15) is 5.75 Å². The molecule has 0 N–H and O–H groups in total. The zero-order chi connectivity index (χ0) is 17.4. The van der Waals surface area contributed by atoms with Crippen molar-refractivity contribution in [2.45, 2.75) is 31.3 Å². The lowest BCUT2D eigenvalue weighted by Crippen LogP contribution is -2.52. The highest BCUT2D eigenvalue weighted by Crippen LogP contribution is 2.45. The second kappa shape index (κ2) is 7.00. The van der Waals surface area contributed by atoms with Gasteiger partial charge in [0.05, 0.1) is 11.6 Å². The minimum absolute atomic E-state index is 0.511. The van der Waals surface area contributed by atoms with Crippen molar-refractivity contribution < 1.29 is 4.74 Å². The standard InChI is InChI=1S/C21H25BrN2O/c1-15-14-23(20-13-18(20)16-6-4-3-5-7-16)10-11-24(15)17-8-9-19(22)21(12-17)25-2/h3-9,12,15,18,20H,10-11,13-14H2,1-2H3/t15?,18-,20+/m0/s1. The molecule has 0 bridgehead atoms. The van der Waals surface area contributed by atoms with Gasteiger partial charge in [0.2, 0.25) is 0 Å². The minimum Gasteiger partial charge on any atom is -0.495 e. The summed E-state index contributed by atoms with van der Waals surface area (Å²) in [4.78, 5) is 5.19. The Kier molecular flexibility index (Phi) is 4.74. The van der Waals surface area contributed by atoms with Gasteiger partial charge in [0.25, 0.3) is 0 Å². The van der Waals surface area contributed by atoms with Gasteiger partial charge >= 0.3 is 0 Å². The number of nitrogens with zero attached hydrogens (tertiary/aromatic N) is 2. The summed E-state index contributed by atoms with van der Waals surface area (Å²) in [6.07, 6.45) is 1.31. The maximum absolute atomic E-state index is 5.46. The van der Waals surface area contributed by atoms with E-state index < -0.39 is 0 Å². The number of methoxy groups -OCH3 is 1. The van der Waals surface area contributed by atoms with Crippen LogP contribution in [0.15, 0.2) is 53.0 Å². The summed E-state index contributed by atoms with van der Waals surface area (Å²) in [6, 6.07) is 18.6. The zero-order valence-corrected chi connectivity index (χ0v) is 16.4. The fourth-order valence-corrected chi connectivity index (χ4v) is 4.55. The predicted octanol–water partition coefficient (Wildman–Crippen LogP) is 4.52. The number of piperazine rings is 1. The van der Waals surface area contributed by atoms with Gasteiger partial charge in [0.15, 0.2) is 0 Å². The van der Waals surface area contributed by atoms with Gasteiger partial charge in [-0.2, -0.15) is 0 Å². The lowest BCUT2D eigenvalue weighted by molar-refractivity contribution is 0.216. The maximum atomic E-state index is 5.46. The van der Waals surface area contributed by atoms with Crippen LogP contribution in [0.2, 0.25) is 0 Å². The average Bonchev–Trinajstić information content (AvgIpc) is 3.44. The van der Waals surface area contributed by atoms with Crippen molar-refractivity contribution in [2.24, 2.45) is 0 Å². The number of hydrogen-bond acceptors (Lipinski definition) is 3. The van der Waals surface area contributed by atoms with Gasteiger partial charge in [-0.25, -0.2) is 0 Å². The van der Waals surface area contributed by atoms with Crippen molar-refractivity contribution in [3.05, 3.63) is 58.6 Å². The van der Waals surface area contributed by atoms with Gasteiger partial charge in [0, 0.05) is 49.4 Å². The van der Waals surface area contributed by atoms with E-state index >= 15 is 0 Å². The smallest absolute Gasteiger partial charge is 0.135 e. The molecule has 4 rings (SSSR count). The van der Waals surface area contributed by atoms with Crippen LogP contribution in [-0.4, -0.2) is 43.7 Å². The quantitative estimate of drug-likeness (QED) is 0.749. The molecule has 0 aromatic heterocycles. The third-order valence-electron chi connectivity index (χ3n) is 5.58. The first-order chi connectivity index (χ1) is 12.2. The Morgan fingerprint density at radius 2 is 1.88 bits per heavy atom. The van der Waals surface area contributed by atoms with Crippen molar-refractivity contribution in [3.63, 3.8) is 0 Å². The third-order valence-corrected chi connectivity index (χ3v) is 6.23. The summed E-state index contributed by atoms with van der Waals surface area (Å²) in [6.45, 7) is 5.67. The Morgan fingerprint density at radius 1 is 1.08 bits per heavy atom. The molecule has 1 aliphatic carbocycles. The van der Waals surface area contributed by atoms with E-state index in [-0.39, 0.29) is 0 Å². The summed E-state index contributed by atoms with van der Waals surface area (Å²) in [7, 11) is 1.72. The van der Waals surface area contributed by atoms with Gasteiger partial charge in [-0.1, -0.05) is 30.3 Å². The molecule has 132 valence electrons. The summed E-state index contributed by atoms with van der Waals surface area (Å²) in [5.41, 5.74) is 2.75. The monoisotopic (exact) mass is 400 g/mol. The number of hydrogen-bond donors (Lipinski definition) is 0. The lowest BCUT2D eigenvalue weighted by Gasteiger charge is -2.41. The highest BCUT2D eigenvalue weighted by atomic mass is 79.9. The summed E-state index contributed by atoms with van der Waals surface area (Å²) < 4.78 is 6.47. The molecule has 0 spiro atoms. The van der Waals surface area contributed by atoms with Crippen LogP contribution in [0, 0.1) is 0 Å². The minimum atomic E-state index is 0.511. The van der Waals surface area contributed by atoms with E-state index in [1.807, 2.05) is 0 Å². The molecular weight excluding hydrogens is 376 g/mol. The number of ether oxygens (including phenoxy) is 1. The Morgan fingerprint density at radius 3 is 2.60 bits per heavy atom. The Labute approximate surface area is 158 Å². The molecule has 2 aromatic rings. The highest BCUT2D eigenvalue weighted by Gasteiger charge is 2.44. The molecule has 2 fully saturated rings. The molecule has 2 aliphatic rings. The first kappa shape index (κ1) is 16.9.